The molecule has 0 saturated heterocycles. The molecule has 0 spiro atoms. The van der Waals surface area contributed by atoms with Crippen molar-refractivity contribution >= 4 is 5.82 Å². The molecule has 0 atom stereocenters. The number of hydrogen-bond donors (Lipinski definition) is 2. The van der Waals surface area contributed by atoms with Gasteiger partial charge in [0.15, 0.2) is 0 Å². The number of pyridine rings is 1. The first-order valence-corrected chi connectivity index (χ1v) is 6.62. The first-order chi connectivity index (χ1) is 8.67. The van der Waals surface area contributed by atoms with Gasteiger partial charge in [-0.1, -0.05) is 19.9 Å². The molecule has 1 aromatic heterocycles. The molecular weight excluding hydrogens is 228 g/mol. The summed E-state index contributed by atoms with van der Waals surface area (Å²) in [5, 5.41) is 18.4. The van der Waals surface area contributed by atoms with E-state index < -0.39 is 0 Å². The quantitative estimate of drug-likeness (QED) is 0.778. The van der Waals surface area contributed by atoms with Crippen LogP contribution in [0.3, 0.4) is 0 Å². The summed E-state index contributed by atoms with van der Waals surface area (Å²) in [6, 6.07) is 4.22. The van der Waals surface area contributed by atoms with Crippen LogP contribution in [0.2, 0.25) is 0 Å². The lowest BCUT2D eigenvalue weighted by molar-refractivity contribution is 0.280. The number of aliphatic hydroxyl groups is 2. The van der Waals surface area contributed by atoms with Gasteiger partial charge in [0.25, 0.3) is 0 Å². The minimum absolute atomic E-state index is 0.0180. The number of aryl methyl sites for hydroxylation is 1. The molecule has 0 unspecified atom stereocenters. The fourth-order valence-corrected chi connectivity index (χ4v) is 2.23. The number of aromatic nitrogens is 1. The molecule has 0 radical (unpaired) electrons. The number of aliphatic hydroxyl groups excluding tert-OH is 2. The summed E-state index contributed by atoms with van der Waals surface area (Å²) >= 11 is 0. The van der Waals surface area contributed by atoms with E-state index in [4.69, 9.17) is 5.11 Å². The van der Waals surface area contributed by atoms with Crippen molar-refractivity contribution in [3.05, 3.63) is 23.4 Å². The highest BCUT2D eigenvalue weighted by molar-refractivity contribution is 5.42. The molecule has 0 saturated carbocycles. The largest absolute Gasteiger partial charge is 0.395 e. The maximum absolute atomic E-state index is 9.20. The first-order valence-electron chi connectivity index (χ1n) is 6.62. The predicted molar refractivity (Wildman–Crippen MR) is 73.7 cm³/mol. The zero-order valence-corrected chi connectivity index (χ0v) is 11.6. The highest BCUT2D eigenvalue weighted by Gasteiger charge is 2.16. The molecule has 0 aliphatic rings. The lowest BCUT2D eigenvalue weighted by atomic mass is 10.1. The van der Waals surface area contributed by atoms with Crippen LogP contribution in [0.5, 0.6) is 0 Å². The Morgan fingerprint density at radius 1 is 1.22 bits per heavy atom. The highest BCUT2D eigenvalue weighted by atomic mass is 16.3. The van der Waals surface area contributed by atoms with E-state index >= 15 is 0 Å². The van der Waals surface area contributed by atoms with E-state index in [9.17, 15) is 5.11 Å². The molecule has 0 aromatic carbocycles. The molecule has 1 rings (SSSR count). The Hall–Kier alpha value is -1.13. The summed E-state index contributed by atoms with van der Waals surface area (Å²) in [5.41, 5.74) is 1.70. The van der Waals surface area contributed by atoms with Crippen molar-refractivity contribution in [3.8, 4) is 0 Å². The van der Waals surface area contributed by atoms with Gasteiger partial charge in [0.1, 0.15) is 5.82 Å². The van der Waals surface area contributed by atoms with Gasteiger partial charge in [-0.15, -0.1) is 0 Å². The zero-order chi connectivity index (χ0) is 13.5. The van der Waals surface area contributed by atoms with Gasteiger partial charge in [-0.2, -0.15) is 0 Å². The number of anilines is 1. The second kappa shape index (κ2) is 7.34. The SMILES string of the molecule is CCC(CC)N(CCO)c1ccc(CO)c(C)n1. The first kappa shape index (κ1) is 14.9. The number of nitrogens with zero attached hydrogens (tertiary/aromatic N) is 2. The maximum atomic E-state index is 9.20. The van der Waals surface area contributed by atoms with Gasteiger partial charge in [0.2, 0.25) is 0 Å². The lowest BCUT2D eigenvalue weighted by Gasteiger charge is -2.31. The van der Waals surface area contributed by atoms with Crippen LogP contribution in [0.25, 0.3) is 0 Å². The van der Waals surface area contributed by atoms with Crippen LogP contribution in [-0.4, -0.2) is 34.4 Å². The van der Waals surface area contributed by atoms with E-state index in [-0.39, 0.29) is 13.2 Å². The van der Waals surface area contributed by atoms with Crippen LogP contribution < -0.4 is 4.90 Å². The van der Waals surface area contributed by atoms with Crippen LogP contribution in [0.1, 0.15) is 37.9 Å². The van der Waals surface area contributed by atoms with Crippen LogP contribution >= 0.6 is 0 Å². The second-order valence-electron chi connectivity index (χ2n) is 4.46. The minimum atomic E-state index is 0.0180. The molecule has 2 N–H and O–H groups in total. The number of hydrogen-bond acceptors (Lipinski definition) is 4. The molecular formula is C14H24N2O2. The Bertz CT molecular complexity index is 365. The van der Waals surface area contributed by atoms with Crippen LogP contribution in [-0.2, 0) is 6.61 Å². The van der Waals surface area contributed by atoms with E-state index in [2.05, 4.69) is 23.7 Å². The monoisotopic (exact) mass is 252 g/mol. The topological polar surface area (TPSA) is 56.6 Å². The molecule has 1 aromatic rings. The maximum Gasteiger partial charge on any atom is 0.129 e. The number of rotatable bonds is 7. The highest BCUT2D eigenvalue weighted by Crippen LogP contribution is 2.20. The fourth-order valence-electron chi connectivity index (χ4n) is 2.23. The van der Waals surface area contributed by atoms with E-state index in [1.54, 1.807) is 0 Å². The molecule has 0 fully saturated rings. The Morgan fingerprint density at radius 2 is 1.89 bits per heavy atom. The fraction of sp³-hybridized carbons (Fsp3) is 0.643. The van der Waals surface area contributed by atoms with Crippen LogP contribution in [0.4, 0.5) is 5.82 Å². The smallest absolute Gasteiger partial charge is 0.129 e. The van der Waals surface area contributed by atoms with Gasteiger partial charge in [-0.3, -0.25) is 0 Å². The summed E-state index contributed by atoms with van der Waals surface area (Å²) in [5.74, 6) is 0.882. The summed E-state index contributed by atoms with van der Waals surface area (Å²) in [7, 11) is 0. The Balaban J connectivity index is 3.01. The molecule has 0 bridgehead atoms. The minimum Gasteiger partial charge on any atom is -0.395 e. The Morgan fingerprint density at radius 3 is 2.33 bits per heavy atom. The average Bonchev–Trinajstić information content (AvgIpc) is 2.39. The standard InChI is InChI=1S/C14H24N2O2/c1-4-13(5-2)16(8-9-17)14-7-6-12(10-18)11(3)15-14/h6-7,13,17-18H,4-5,8-10H2,1-3H3. The summed E-state index contributed by atoms with van der Waals surface area (Å²) in [6.07, 6.45) is 2.05. The average molecular weight is 252 g/mol. The van der Waals surface area contributed by atoms with Crippen molar-refractivity contribution in [1.82, 2.24) is 4.98 Å². The third-order valence-corrected chi connectivity index (χ3v) is 3.37. The molecule has 0 aliphatic heterocycles. The zero-order valence-electron chi connectivity index (χ0n) is 11.6. The van der Waals surface area contributed by atoms with E-state index in [1.807, 2.05) is 19.1 Å². The van der Waals surface area contributed by atoms with E-state index in [1.165, 1.54) is 0 Å². The van der Waals surface area contributed by atoms with Crippen molar-refractivity contribution in [2.75, 3.05) is 18.1 Å². The Labute approximate surface area is 109 Å². The van der Waals surface area contributed by atoms with Gasteiger partial charge < -0.3 is 15.1 Å². The Kier molecular flexibility index (Phi) is 6.09. The molecule has 102 valence electrons. The molecule has 0 aliphatic carbocycles. The van der Waals surface area contributed by atoms with Gasteiger partial charge in [-0.05, 0) is 31.4 Å². The lowest BCUT2D eigenvalue weighted by Crippen LogP contribution is -2.37. The summed E-state index contributed by atoms with van der Waals surface area (Å²) < 4.78 is 0. The predicted octanol–water partition coefficient (Wildman–Crippen LogP) is 1.87. The van der Waals surface area contributed by atoms with E-state index in [0.717, 1.165) is 29.9 Å². The summed E-state index contributed by atoms with van der Waals surface area (Å²) in [4.78, 5) is 6.68. The van der Waals surface area contributed by atoms with Crippen molar-refractivity contribution < 1.29 is 10.2 Å². The second-order valence-corrected chi connectivity index (χ2v) is 4.46. The van der Waals surface area contributed by atoms with Gasteiger partial charge >= 0.3 is 0 Å². The third-order valence-electron chi connectivity index (χ3n) is 3.37. The van der Waals surface area contributed by atoms with Crippen LogP contribution in [0.15, 0.2) is 12.1 Å². The van der Waals surface area contributed by atoms with Crippen LogP contribution in [0, 0.1) is 6.92 Å². The van der Waals surface area contributed by atoms with Crippen molar-refractivity contribution in [1.29, 1.82) is 0 Å². The van der Waals surface area contributed by atoms with Crippen molar-refractivity contribution in [3.63, 3.8) is 0 Å². The normalized spacial score (nSPS) is 11.0. The van der Waals surface area contributed by atoms with Gasteiger partial charge in [0.05, 0.1) is 13.2 Å². The van der Waals surface area contributed by atoms with Crippen molar-refractivity contribution in [2.45, 2.75) is 46.3 Å². The molecule has 18 heavy (non-hydrogen) atoms. The molecule has 0 amide bonds. The molecule has 1 heterocycles. The van der Waals surface area contributed by atoms with E-state index in [0.29, 0.717) is 12.6 Å². The van der Waals surface area contributed by atoms with Crippen molar-refractivity contribution in [2.24, 2.45) is 0 Å². The molecule has 4 heteroatoms. The van der Waals surface area contributed by atoms with Gasteiger partial charge in [-0.25, -0.2) is 4.98 Å². The molecule has 4 nitrogen and oxygen atoms in total. The summed E-state index contributed by atoms with van der Waals surface area (Å²) in [6.45, 7) is 6.93. The third kappa shape index (κ3) is 3.43. The van der Waals surface area contributed by atoms with Gasteiger partial charge in [0, 0.05) is 18.3 Å².